The highest BCUT2D eigenvalue weighted by atomic mass is 16.5. The quantitative estimate of drug-likeness (QED) is 0.364. The molecule has 0 heterocycles. The first-order valence-corrected chi connectivity index (χ1v) is 11.1. The highest BCUT2D eigenvalue weighted by Crippen LogP contribution is 2.21. The Kier molecular flexibility index (Phi) is 9.96. The fourth-order valence-electron chi connectivity index (χ4n) is 3.43. The summed E-state index contributed by atoms with van der Waals surface area (Å²) in [5, 5.41) is 3.57. The maximum atomic E-state index is 5.92. The van der Waals surface area contributed by atoms with E-state index in [9.17, 15) is 0 Å². The Hall–Kier alpha value is -1.96. The second-order valence-electron chi connectivity index (χ2n) is 8.41. The maximum Gasteiger partial charge on any atom is 0.121 e. The van der Waals surface area contributed by atoms with Crippen LogP contribution in [0, 0.1) is 5.92 Å². The lowest BCUT2D eigenvalue weighted by atomic mass is 9.97. The van der Waals surface area contributed by atoms with Gasteiger partial charge in [-0.1, -0.05) is 83.7 Å². The first-order valence-electron chi connectivity index (χ1n) is 11.1. The average molecular weight is 382 g/mol. The van der Waals surface area contributed by atoms with E-state index in [0.29, 0.717) is 11.8 Å². The monoisotopic (exact) mass is 381 g/mol. The number of nitrogens with one attached hydrogen (secondary N) is 1. The highest BCUT2D eigenvalue weighted by Gasteiger charge is 2.07. The van der Waals surface area contributed by atoms with E-state index in [1.165, 1.54) is 36.8 Å². The molecule has 0 radical (unpaired) electrons. The molecule has 0 aliphatic heterocycles. The number of benzene rings is 2. The smallest absolute Gasteiger partial charge is 0.121 e. The summed E-state index contributed by atoms with van der Waals surface area (Å²) in [5.41, 5.74) is 3.95. The third-order valence-electron chi connectivity index (χ3n) is 5.16. The van der Waals surface area contributed by atoms with Crippen molar-refractivity contribution in [1.29, 1.82) is 0 Å². The van der Waals surface area contributed by atoms with E-state index in [0.717, 1.165) is 37.4 Å². The van der Waals surface area contributed by atoms with Crippen molar-refractivity contribution in [3.05, 3.63) is 59.7 Å². The summed E-state index contributed by atoms with van der Waals surface area (Å²) in [5.74, 6) is 2.14. The van der Waals surface area contributed by atoms with Crippen molar-refractivity contribution >= 4 is 5.69 Å². The topological polar surface area (TPSA) is 21.3 Å². The van der Waals surface area contributed by atoms with Gasteiger partial charge in [0.05, 0.1) is 6.61 Å². The summed E-state index contributed by atoms with van der Waals surface area (Å²) in [4.78, 5) is 0. The van der Waals surface area contributed by atoms with Crippen LogP contribution in [0.5, 0.6) is 5.75 Å². The lowest BCUT2D eigenvalue weighted by Gasteiger charge is -2.16. The van der Waals surface area contributed by atoms with Crippen molar-refractivity contribution in [2.24, 2.45) is 5.92 Å². The minimum absolute atomic E-state index is 0.469. The van der Waals surface area contributed by atoms with Crippen molar-refractivity contribution in [2.45, 2.75) is 72.1 Å². The van der Waals surface area contributed by atoms with Gasteiger partial charge in [-0.05, 0) is 47.9 Å². The lowest BCUT2D eigenvalue weighted by Crippen LogP contribution is -2.10. The van der Waals surface area contributed by atoms with Crippen LogP contribution in [0.15, 0.2) is 48.5 Å². The molecule has 2 aromatic rings. The van der Waals surface area contributed by atoms with E-state index < -0.39 is 0 Å². The Morgan fingerprint density at radius 1 is 0.893 bits per heavy atom. The zero-order chi connectivity index (χ0) is 20.2. The second-order valence-corrected chi connectivity index (χ2v) is 8.41. The van der Waals surface area contributed by atoms with E-state index in [1.807, 2.05) is 6.07 Å². The first-order chi connectivity index (χ1) is 13.6. The number of rotatable bonds is 13. The van der Waals surface area contributed by atoms with Gasteiger partial charge < -0.3 is 10.1 Å². The molecular formula is C26H39NO. The largest absolute Gasteiger partial charge is 0.494 e. The van der Waals surface area contributed by atoms with Crippen LogP contribution >= 0.6 is 0 Å². The molecule has 0 bridgehead atoms. The molecule has 2 heteroatoms. The molecule has 0 aliphatic rings. The van der Waals surface area contributed by atoms with Crippen LogP contribution in [0.25, 0.3) is 0 Å². The highest BCUT2D eigenvalue weighted by molar-refractivity contribution is 5.48. The predicted molar refractivity (Wildman–Crippen MR) is 123 cm³/mol. The van der Waals surface area contributed by atoms with E-state index in [-0.39, 0.29) is 0 Å². The number of ether oxygens (including phenoxy) is 1. The predicted octanol–water partition coefficient (Wildman–Crippen LogP) is 7.45. The Morgan fingerprint density at radius 3 is 2.36 bits per heavy atom. The van der Waals surface area contributed by atoms with E-state index in [4.69, 9.17) is 4.74 Å². The fraction of sp³-hybridized carbons (Fsp3) is 0.538. The summed E-state index contributed by atoms with van der Waals surface area (Å²) in [7, 11) is 0. The molecular weight excluding hydrogens is 342 g/mol. The minimum atomic E-state index is 0.469. The molecule has 28 heavy (non-hydrogen) atoms. The van der Waals surface area contributed by atoms with Gasteiger partial charge in [-0.2, -0.15) is 0 Å². The molecule has 0 aromatic heterocycles. The number of hydrogen-bond donors (Lipinski definition) is 1. The van der Waals surface area contributed by atoms with Crippen molar-refractivity contribution in [3.63, 3.8) is 0 Å². The SMILES string of the molecule is CCCCCCCOc1cccc(NCC(C)c2ccc(CC(C)C)cc2)c1. The summed E-state index contributed by atoms with van der Waals surface area (Å²) in [6.45, 7) is 10.8. The maximum absolute atomic E-state index is 5.92. The summed E-state index contributed by atoms with van der Waals surface area (Å²) in [6.07, 6.45) is 7.49. The second kappa shape index (κ2) is 12.5. The van der Waals surface area contributed by atoms with Gasteiger partial charge in [0.15, 0.2) is 0 Å². The van der Waals surface area contributed by atoms with Crippen LogP contribution in [0.3, 0.4) is 0 Å². The van der Waals surface area contributed by atoms with Gasteiger partial charge >= 0.3 is 0 Å². The summed E-state index contributed by atoms with van der Waals surface area (Å²) < 4.78 is 5.92. The van der Waals surface area contributed by atoms with Crippen molar-refractivity contribution < 1.29 is 4.74 Å². The number of hydrogen-bond acceptors (Lipinski definition) is 2. The Labute approximate surface area is 172 Å². The van der Waals surface area contributed by atoms with E-state index in [1.54, 1.807) is 0 Å². The van der Waals surface area contributed by atoms with Gasteiger partial charge in [0, 0.05) is 18.3 Å². The van der Waals surface area contributed by atoms with Gasteiger partial charge in [0.25, 0.3) is 0 Å². The van der Waals surface area contributed by atoms with Crippen LogP contribution in [0.2, 0.25) is 0 Å². The molecule has 154 valence electrons. The third-order valence-corrected chi connectivity index (χ3v) is 5.16. The van der Waals surface area contributed by atoms with Crippen LogP contribution in [-0.2, 0) is 6.42 Å². The molecule has 1 atom stereocenters. The molecule has 0 saturated heterocycles. The van der Waals surface area contributed by atoms with Crippen LogP contribution in [0.1, 0.15) is 76.8 Å². The lowest BCUT2D eigenvalue weighted by molar-refractivity contribution is 0.304. The molecule has 1 unspecified atom stereocenters. The van der Waals surface area contributed by atoms with Gasteiger partial charge in [0.2, 0.25) is 0 Å². The third kappa shape index (κ3) is 8.37. The zero-order valence-corrected chi connectivity index (χ0v) is 18.3. The van der Waals surface area contributed by atoms with E-state index >= 15 is 0 Å². The zero-order valence-electron chi connectivity index (χ0n) is 18.3. The molecule has 2 aromatic carbocycles. The molecule has 0 amide bonds. The average Bonchev–Trinajstić information content (AvgIpc) is 2.69. The number of unbranched alkanes of at least 4 members (excludes halogenated alkanes) is 4. The van der Waals surface area contributed by atoms with Gasteiger partial charge in [0.1, 0.15) is 5.75 Å². The van der Waals surface area contributed by atoms with Crippen LogP contribution < -0.4 is 10.1 Å². The summed E-state index contributed by atoms with van der Waals surface area (Å²) >= 11 is 0. The first kappa shape index (κ1) is 22.3. The Morgan fingerprint density at radius 2 is 1.64 bits per heavy atom. The normalized spacial score (nSPS) is 12.2. The molecule has 1 N–H and O–H groups in total. The molecule has 0 aliphatic carbocycles. The standard InChI is InChI=1S/C26H39NO/c1-5-6-7-8-9-17-28-26-12-10-11-25(19-26)27-20-22(4)24-15-13-23(14-16-24)18-21(2)3/h10-16,19,21-22,27H,5-9,17-18,20H2,1-4H3. The molecule has 2 rings (SSSR count). The Balaban J connectivity index is 1.77. The van der Waals surface area contributed by atoms with Crippen molar-refractivity contribution in [3.8, 4) is 5.75 Å². The van der Waals surface area contributed by atoms with Crippen LogP contribution in [-0.4, -0.2) is 13.2 Å². The van der Waals surface area contributed by atoms with E-state index in [2.05, 4.69) is 75.5 Å². The molecule has 0 fully saturated rings. The van der Waals surface area contributed by atoms with Crippen LogP contribution in [0.4, 0.5) is 5.69 Å². The van der Waals surface area contributed by atoms with Gasteiger partial charge in [-0.15, -0.1) is 0 Å². The Bertz CT molecular complexity index is 662. The summed E-state index contributed by atoms with van der Waals surface area (Å²) in [6, 6.07) is 17.5. The van der Waals surface area contributed by atoms with Gasteiger partial charge in [-0.25, -0.2) is 0 Å². The van der Waals surface area contributed by atoms with Gasteiger partial charge in [-0.3, -0.25) is 0 Å². The fourth-order valence-corrected chi connectivity index (χ4v) is 3.43. The molecule has 0 spiro atoms. The van der Waals surface area contributed by atoms with Crippen molar-refractivity contribution in [1.82, 2.24) is 0 Å². The van der Waals surface area contributed by atoms with Crippen molar-refractivity contribution in [2.75, 3.05) is 18.5 Å². The molecule has 2 nitrogen and oxygen atoms in total. The number of anilines is 1. The molecule has 0 saturated carbocycles. The minimum Gasteiger partial charge on any atom is -0.494 e.